The molecule has 0 atom stereocenters. The van der Waals surface area contributed by atoms with Crippen molar-refractivity contribution in [1.29, 1.82) is 0 Å². The van der Waals surface area contributed by atoms with Gasteiger partial charge in [-0.1, -0.05) is 23.4 Å². The van der Waals surface area contributed by atoms with Crippen molar-refractivity contribution in [3.63, 3.8) is 0 Å². The number of aromatic nitrogens is 4. The van der Waals surface area contributed by atoms with Crippen LogP contribution in [-0.2, 0) is 25.4 Å². The number of halogens is 9. The van der Waals surface area contributed by atoms with Crippen LogP contribution in [0.4, 0.5) is 45.2 Å². The van der Waals surface area contributed by atoms with Crippen molar-refractivity contribution in [2.45, 2.75) is 31.6 Å². The number of ether oxygens (including phenoxy) is 1. The van der Waals surface area contributed by atoms with Gasteiger partial charge in [0, 0.05) is 44.6 Å². The number of hydrogen-bond donors (Lipinski definition) is 1. The molecule has 0 unspecified atom stereocenters. The van der Waals surface area contributed by atoms with E-state index in [0.717, 1.165) is 36.0 Å². The molecule has 50 heavy (non-hydrogen) atoms. The summed E-state index contributed by atoms with van der Waals surface area (Å²) in [7, 11) is 0. The van der Waals surface area contributed by atoms with Crippen molar-refractivity contribution in [2.24, 2.45) is 0 Å². The van der Waals surface area contributed by atoms with Gasteiger partial charge >= 0.3 is 18.5 Å². The summed E-state index contributed by atoms with van der Waals surface area (Å²) in [6, 6.07) is 12.2. The van der Waals surface area contributed by atoms with Crippen LogP contribution in [0, 0.1) is 0 Å². The molecule has 0 radical (unpaired) electrons. The number of carbonyl (C=O) groups is 2. The number of pyridine rings is 1. The summed E-state index contributed by atoms with van der Waals surface area (Å²) < 4.78 is 123. The predicted molar refractivity (Wildman–Crippen MR) is 157 cm³/mol. The Morgan fingerprint density at radius 2 is 1.40 bits per heavy atom. The molecule has 2 aromatic heterocycles. The van der Waals surface area contributed by atoms with Gasteiger partial charge < -0.3 is 15.0 Å². The zero-order valence-corrected chi connectivity index (χ0v) is 25.6. The maximum absolute atomic E-state index is 14.2. The lowest BCUT2D eigenvalue weighted by Gasteiger charge is -2.34. The van der Waals surface area contributed by atoms with Gasteiger partial charge in [0.2, 0.25) is 0 Å². The Morgan fingerprint density at radius 1 is 0.760 bits per heavy atom. The fourth-order valence-electron chi connectivity index (χ4n) is 4.98. The molecule has 1 aliphatic heterocycles. The van der Waals surface area contributed by atoms with Gasteiger partial charge in [0.25, 0.3) is 11.8 Å². The summed E-state index contributed by atoms with van der Waals surface area (Å²) in [5.41, 5.74) is -2.32. The number of benzene rings is 2. The Hall–Kier alpha value is -5.20. The lowest BCUT2D eigenvalue weighted by atomic mass is 10.1. The second kappa shape index (κ2) is 14.3. The minimum atomic E-state index is -5.01. The van der Waals surface area contributed by atoms with Crippen LogP contribution in [0.5, 0.6) is 5.75 Å². The molecule has 0 spiro atoms. The molecule has 0 saturated carbocycles. The molecule has 19 heteroatoms. The SMILES string of the molecule is O=C(Nc1ccc(C(F)(F)F)cc1)c1ccc(Cn2nnc(C(=O)N3CCN(Cc4ccc(OCC(F)(F)F)cc4)CC3)c2C(F)(F)F)cn1. The molecule has 1 N–H and O–H groups in total. The van der Waals surface area contributed by atoms with Gasteiger partial charge in [0.15, 0.2) is 18.0 Å². The van der Waals surface area contributed by atoms with E-state index in [1.165, 1.54) is 29.2 Å². The van der Waals surface area contributed by atoms with Crippen molar-refractivity contribution in [3.8, 4) is 5.75 Å². The van der Waals surface area contributed by atoms with E-state index < -0.39 is 60.4 Å². The number of alkyl halides is 9. The highest BCUT2D eigenvalue weighted by Gasteiger charge is 2.43. The maximum Gasteiger partial charge on any atom is 0.435 e. The molecule has 1 aliphatic rings. The zero-order valence-electron chi connectivity index (χ0n) is 25.6. The van der Waals surface area contributed by atoms with Crippen LogP contribution in [-0.4, -0.2) is 80.6 Å². The van der Waals surface area contributed by atoms with Crippen LogP contribution in [0.3, 0.4) is 0 Å². The largest absolute Gasteiger partial charge is 0.484 e. The lowest BCUT2D eigenvalue weighted by Crippen LogP contribution is -2.48. The number of anilines is 1. The molecule has 3 heterocycles. The molecule has 5 rings (SSSR count). The second-order valence-corrected chi connectivity index (χ2v) is 11.1. The fourth-order valence-corrected chi connectivity index (χ4v) is 4.98. The molecule has 2 aromatic carbocycles. The Kier molecular flexibility index (Phi) is 10.4. The van der Waals surface area contributed by atoms with Crippen LogP contribution in [0.2, 0.25) is 0 Å². The van der Waals surface area contributed by atoms with Crippen molar-refractivity contribution in [1.82, 2.24) is 29.8 Å². The Labute approximate surface area is 277 Å². The zero-order chi connectivity index (χ0) is 36.3. The van der Waals surface area contributed by atoms with E-state index in [-0.39, 0.29) is 35.8 Å². The standard InChI is InChI=1S/C31H26F9N7O3/c32-29(33,34)18-50-23-8-1-19(2-9-23)16-45-11-13-46(14-12-45)28(49)25-26(31(38,39)40)47(44-43-25)17-20-3-10-24(41-15-20)27(48)42-22-6-4-21(5-7-22)30(35,36)37/h1-10,15H,11-14,16-18H2,(H,42,48). The minimum Gasteiger partial charge on any atom is -0.484 e. The van der Waals surface area contributed by atoms with E-state index in [9.17, 15) is 49.1 Å². The smallest absolute Gasteiger partial charge is 0.435 e. The highest BCUT2D eigenvalue weighted by Crippen LogP contribution is 2.33. The van der Waals surface area contributed by atoms with Gasteiger partial charge in [-0.15, -0.1) is 5.10 Å². The molecule has 10 nitrogen and oxygen atoms in total. The number of hydrogen-bond acceptors (Lipinski definition) is 7. The summed E-state index contributed by atoms with van der Waals surface area (Å²) in [5.74, 6) is -1.69. The average molecular weight is 716 g/mol. The molecular formula is C31H26F9N7O3. The number of amides is 2. The van der Waals surface area contributed by atoms with Crippen molar-refractivity contribution in [3.05, 3.63) is 101 Å². The fraction of sp³-hybridized carbons (Fsp3) is 0.323. The number of nitrogens with zero attached hydrogens (tertiary/aromatic N) is 6. The molecule has 4 aromatic rings. The molecule has 0 aliphatic carbocycles. The quantitative estimate of drug-likeness (QED) is 0.215. The van der Waals surface area contributed by atoms with Crippen LogP contribution in [0.25, 0.3) is 0 Å². The van der Waals surface area contributed by atoms with E-state index in [4.69, 9.17) is 0 Å². The molecule has 1 saturated heterocycles. The third-order valence-electron chi connectivity index (χ3n) is 7.46. The maximum atomic E-state index is 14.2. The first-order valence-electron chi connectivity index (χ1n) is 14.7. The van der Waals surface area contributed by atoms with Crippen molar-refractivity contribution in [2.75, 3.05) is 38.1 Å². The van der Waals surface area contributed by atoms with Crippen LogP contribution in [0.1, 0.15) is 43.4 Å². The van der Waals surface area contributed by atoms with Gasteiger partial charge in [-0.25, -0.2) is 4.68 Å². The normalized spacial score (nSPS) is 14.5. The average Bonchev–Trinajstić information content (AvgIpc) is 3.48. The van der Waals surface area contributed by atoms with Gasteiger partial charge in [-0.2, -0.15) is 39.5 Å². The lowest BCUT2D eigenvalue weighted by molar-refractivity contribution is -0.153. The van der Waals surface area contributed by atoms with E-state index in [2.05, 4.69) is 25.3 Å². The first-order valence-corrected chi connectivity index (χ1v) is 14.7. The van der Waals surface area contributed by atoms with E-state index in [0.29, 0.717) is 24.3 Å². The molecular weight excluding hydrogens is 689 g/mol. The van der Waals surface area contributed by atoms with Crippen LogP contribution in [0.15, 0.2) is 66.9 Å². The molecule has 1 fully saturated rings. The van der Waals surface area contributed by atoms with Crippen LogP contribution < -0.4 is 10.1 Å². The summed E-state index contributed by atoms with van der Waals surface area (Å²) >= 11 is 0. The first-order chi connectivity index (χ1) is 23.5. The monoisotopic (exact) mass is 715 g/mol. The minimum absolute atomic E-state index is 0.0468. The van der Waals surface area contributed by atoms with Gasteiger partial charge in [-0.3, -0.25) is 19.5 Å². The Balaban J connectivity index is 1.18. The van der Waals surface area contributed by atoms with Crippen molar-refractivity contribution < 1.29 is 53.8 Å². The van der Waals surface area contributed by atoms with Gasteiger partial charge in [0.1, 0.15) is 11.4 Å². The predicted octanol–water partition coefficient (Wildman–Crippen LogP) is 5.91. The topological polar surface area (TPSA) is 105 Å². The third-order valence-corrected chi connectivity index (χ3v) is 7.46. The number of carbonyl (C=O) groups excluding carboxylic acids is 2. The number of piperazine rings is 1. The Morgan fingerprint density at radius 3 is 1.96 bits per heavy atom. The summed E-state index contributed by atoms with van der Waals surface area (Å²) in [4.78, 5) is 32.8. The van der Waals surface area contributed by atoms with E-state index >= 15 is 0 Å². The molecule has 266 valence electrons. The second-order valence-electron chi connectivity index (χ2n) is 11.1. The van der Waals surface area contributed by atoms with Gasteiger partial charge in [-0.05, 0) is 53.6 Å². The number of nitrogens with one attached hydrogen (secondary N) is 1. The van der Waals surface area contributed by atoms with Gasteiger partial charge in [0.05, 0.1) is 12.1 Å². The summed E-state index contributed by atoms with van der Waals surface area (Å²) in [6.07, 6.45) is -12.9. The highest BCUT2D eigenvalue weighted by molar-refractivity contribution is 6.02. The molecule has 0 bridgehead atoms. The first kappa shape index (κ1) is 36.1. The Bertz CT molecular complexity index is 1780. The molecule has 2 amide bonds. The van der Waals surface area contributed by atoms with E-state index in [1.54, 1.807) is 12.1 Å². The number of rotatable bonds is 9. The van der Waals surface area contributed by atoms with E-state index in [1.807, 2.05) is 4.90 Å². The third kappa shape index (κ3) is 9.27. The summed E-state index contributed by atoms with van der Waals surface area (Å²) in [6.45, 7) is -0.775. The van der Waals surface area contributed by atoms with Crippen LogP contribution >= 0.6 is 0 Å². The highest BCUT2D eigenvalue weighted by atomic mass is 19.4. The van der Waals surface area contributed by atoms with Crippen molar-refractivity contribution >= 4 is 17.5 Å². The summed E-state index contributed by atoms with van der Waals surface area (Å²) in [5, 5.41) is 9.49.